The molecule has 0 radical (unpaired) electrons. The Labute approximate surface area is 145 Å². The summed E-state index contributed by atoms with van der Waals surface area (Å²) >= 11 is 5.74. The van der Waals surface area contributed by atoms with Gasteiger partial charge in [-0.1, -0.05) is 11.6 Å². The predicted molar refractivity (Wildman–Crippen MR) is 87.2 cm³/mol. The van der Waals surface area contributed by atoms with Crippen LogP contribution >= 0.6 is 11.6 Å². The minimum atomic E-state index is -0.941. The van der Waals surface area contributed by atoms with Crippen molar-refractivity contribution in [1.82, 2.24) is 9.88 Å². The summed E-state index contributed by atoms with van der Waals surface area (Å²) < 4.78 is 24.3. The van der Waals surface area contributed by atoms with Crippen LogP contribution < -0.4 is 0 Å². The Hall–Kier alpha value is -1.89. The Morgan fingerprint density at radius 3 is 2.00 bits per heavy atom. The van der Waals surface area contributed by atoms with Crippen LogP contribution in [-0.4, -0.2) is 33.3 Å². The van der Waals surface area contributed by atoms with Crippen LogP contribution in [0, 0.1) is 5.82 Å². The van der Waals surface area contributed by atoms with E-state index in [-0.39, 0.29) is 10.7 Å². The molecule has 0 aliphatic rings. The SMILES string of the molecule is CC(C)(C)OC(=O)N(Cc1cc(Cl)ncc1F)C(=O)OC(C)(C)C. The van der Waals surface area contributed by atoms with Crippen LogP contribution in [0.5, 0.6) is 0 Å². The Balaban J connectivity index is 3.10. The monoisotopic (exact) mass is 360 g/mol. The molecule has 0 aliphatic heterocycles. The Morgan fingerprint density at radius 2 is 1.58 bits per heavy atom. The number of rotatable bonds is 2. The molecule has 0 saturated heterocycles. The molecular weight excluding hydrogens is 339 g/mol. The minimum absolute atomic E-state index is 0.0201. The van der Waals surface area contributed by atoms with Crippen LogP contribution in [0.1, 0.15) is 47.1 Å². The van der Waals surface area contributed by atoms with E-state index in [2.05, 4.69) is 4.98 Å². The third-order valence-electron chi connectivity index (χ3n) is 2.46. The average Bonchev–Trinajstić information content (AvgIpc) is 2.35. The molecule has 1 aromatic rings. The highest BCUT2D eigenvalue weighted by atomic mass is 35.5. The second-order valence-electron chi connectivity index (χ2n) is 7.15. The molecular formula is C16H22ClFN2O4. The highest BCUT2D eigenvalue weighted by Crippen LogP contribution is 2.19. The van der Waals surface area contributed by atoms with Gasteiger partial charge in [0, 0.05) is 5.56 Å². The summed E-state index contributed by atoms with van der Waals surface area (Å²) in [5.41, 5.74) is -1.64. The number of hydrogen-bond acceptors (Lipinski definition) is 5. The molecule has 0 fully saturated rings. The number of ether oxygens (including phenoxy) is 2. The molecule has 0 aliphatic carbocycles. The van der Waals surface area contributed by atoms with Crippen LogP contribution in [-0.2, 0) is 16.0 Å². The maximum atomic E-state index is 13.9. The normalized spacial score (nSPS) is 11.8. The quantitative estimate of drug-likeness (QED) is 0.724. The molecule has 24 heavy (non-hydrogen) atoms. The summed E-state index contributed by atoms with van der Waals surface area (Å²) in [7, 11) is 0. The summed E-state index contributed by atoms with van der Waals surface area (Å²) in [4.78, 5) is 28.9. The number of nitrogens with zero attached hydrogens (tertiary/aromatic N) is 2. The second kappa shape index (κ2) is 7.34. The lowest BCUT2D eigenvalue weighted by molar-refractivity contribution is -0.000396. The zero-order valence-electron chi connectivity index (χ0n) is 14.6. The van der Waals surface area contributed by atoms with E-state index in [1.54, 1.807) is 41.5 Å². The van der Waals surface area contributed by atoms with Gasteiger partial charge in [0.25, 0.3) is 0 Å². The fraction of sp³-hybridized carbons (Fsp3) is 0.562. The zero-order chi connectivity index (χ0) is 18.7. The van der Waals surface area contributed by atoms with Crippen LogP contribution in [0.2, 0.25) is 5.15 Å². The third kappa shape index (κ3) is 6.70. The van der Waals surface area contributed by atoms with Gasteiger partial charge in [-0.25, -0.2) is 23.9 Å². The smallest absolute Gasteiger partial charge is 0.420 e. The van der Waals surface area contributed by atoms with E-state index >= 15 is 0 Å². The molecule has 0 saturated carbocycles. The van der Waals surface area contributed by atoms with Crippen molar-refractivity contribution < 1.29 is 23.5 Å². The number of carbonyl (C=O) groups is 2. The van der Waals surface area contributed by atoms with Crippen molar-refractivity contribution in [2.75, 3.05) is 0 Å². The maximum absolute atomic E-state index is 13.9. The largest absolute Gasteiger partial charge is 0.443 e. The number of carbonyl (C=O) groups excluding carboxylic acids is 2. The molecule has 6 nitrogen and oxygen atoms in total. The molecule has 1 rings (SSSR count). The van der Waals surface area contributed by atoms with Crippen molar-refractivity contribution >= 4 is 23.8 Å². The van der Waals surface area contributed by atoms with Crippen molar-refractivity contribution in [3.8, 4) is 0 Å². The average molecular weight is 361 g/mol. The molecule has 0 bridgehead atoms. The van der Waals surface area contributed by atoms with Gasteiger partial charge >= 0.3 is 12.2 Å². The van der Waals surface area contributed by atoms with Gasteiger partial charge in [0.05, 0.1) is 12.7 Å². The molecule has 0 N–H and O–H groups in total. The van der Waals surface area contributed by atoms with Crippen molar-refractivity contribution in [2.24, 2.45) is 0 Å². The van der Waals surface area contributed by atoms with E-state index in [1.165, 1.54) is 6.07 Å². The van der Waals surface area contributed by atoms with Gasteiger partial charge in [-0.3, -0.25) is 0 Å². The number of imide groups is 1. The number of amides is 2. The highest BCUT2D eigenvalue weighted by molar-refractivity contribution is 6.29. The van der Waals surface area contributed by atoms with Crippen molar-refractivity contribution in [3.63, 3.8) is 0 Å². The second-order valence-corrected chi connectivity index (χ2v) is 7.53. The van der Waals surface area contributed by atoms with Gasteiger partial charge in [-0.15, -0.1) is 0 Å². The fourth-order valence-electron chi connectivity index (χ4n) is 1.58. The van der Waals surface area contributed by atoms with Crippen LogP contribution in [0.4, 0.5) is 14.0 Å². The molecule has 8 heteroatoms. The summed E-state index contributed by atoms with van der Waals surface area (Å²) in [6.07, 6.45) is -0.965. The van der Waals surface area contributed by atoms with E-state index in [0.717, 1.165) is 6.20 Å². The lowest BCUT2D eigenvalue weighted by atomic mass is 10.2. The Bertz CT molecular complexity index is 595. The lowest BCUT2D eigenvalue weighted by Crippen LogP contribution is -2.43. The summed E-state index contributed by atoms with van der Waals surface area (Å²) in [6, 6.07) is 1.23. The first-order valence-corrected chi connectivity index (χ1v) is 7.70. The van der Waals surface area contributed by atoms with Gasteiger partial charge in [-0.2, -0.15) is 0 Å². The van der Waals surface area contributed by atoms with E-state index in [4.69, 9.17) is 21.1 Å². The molecule has 0 unspecified atom stereocenters. The Morgan fingerprint density at radius 1 is 1.12 bits per heavy atom. The number of aromatic nitrogens is 1. The first kappa shape index (κ1) is 20.2. The molecule has 2 amide bonds. The molecule has 134 valence electrons. The zero-order valence-corrected chi connectivity index (χ0v) is 15.4. The van der Waals surface area contributed by atoms with Gasteiger partial charge in [-0.05, 0) is 47.6 Å². The van der Waals surface area contributed by atoms with Crippen LogP contribution in [0.15, 0.2) is 12.3 Å². The van der Waals surface area contributed by atoms with Gasteiger partial charge < -0.3 is 9.47 Å². The fourth-order valence-corrected chi connectivity index (χ4v) is 1.76. The molecule has 1 heterocycles. The highest BCUT2D eigenvalue weighted by Gasteiger charge is 2.32. The third-order valence-corrected chi connectivity index (χ3v) is 2.66. The summed E-state index contributed by atoms with van der Waals surface area (Å²) in [5, 5.41) is 0.0414. The number of halogens is 2. The van der Waals surface area contributed by atoms with Crippen molar-refractivity contribution in [1.29, 1.82) is 0 Å². The van der Waals surface area contributed by atoms with Gasteiger partial charge in [0.1, 0.15) is 22.2 Å². The lowest BCUT2D eigenvalue weighted by Gasteiger charge is -2.28. The Kier molecular flexibility index (Phi) is 6.16. The predicted octanol–water partition coefficient (Wildman–Crippen LogP) is 4.55. The first-order chi connectivity index (χ1) is 10.8. The number of hydrogen-bond donors (Lipinski definition) is 0. The minimum Gasteiger partial charge on any atom is -0.443 e. The molecule has 0 aromatic carbocycles. The van der Waals surface area contributed by atoms with Crippen LogP contribution in [0.3, 0.4) is 0 Å². The number of pyridine rings is 1. The van der Waals surface area contributed by atoms with Gasteiger partial charge in [0.2, 0.25) is 0 Å². The van der Waals surface area contributed by atoms with E-state index in [1.807, 2.05) is 0 Å². The molecule has 1 aromatic heterocycles. The molecule has 0 atom stereocenters. The maximum Gasteiger partial charge on any atom is 0.420 e. The van der Waals surface area contributed by atoms with Crippen LogP contribution in [0.25, 0.3) is 0 Å². The van der Waals surface area contributed by atoms with E-state index in [0.29, 0.717) is 4.90 Å². The first-order valence-electron chi connectivity index (χ1n) is 7.32. The summed E-state index contributed by atoms with van der Waals surface area (Å²) in [6.45, 7) is 9.54. The summed E-state index contributed by atoms with van der Waals surface area (Å²) in [5.74, 6) is -0.698. The standard InChI is InChI=1S/C16H22ClFN2O4/c1-15(2,3)23-13(21)20(14(22)24-16(4,5)6)9-10-7-12(17)19-8-11(10)18/h7-8H,9H2,1-6H3. The molecule has 0 spiro atoms. The van der Waals surface area contributed by atoms with E-state index in [9.17, 15) is 14.0 Å². The van der Waals surface area contributed by atoms with Gasteiger partial charge in [0.15, 0.2) is 0 Å². The van der Waals surface area contributed by atoms with E-state index < -0.39 is 35.8 Å². The topological polar surface area (TPSA) is 68.7 Å². The van der Waals surface area contributed by atoms with Crippen molar-refractivity contribution in [3.05, 3.63) is 28.8 Å². The van der Waals surface area contributed by atoms with Crippen molar-refractivity contribution in [2.45, 2.75) is 59.3 Å².